The number of hydrogen-bond acceptors (Lipinski definition) is 3. The van der Waals surface area contributed by atoms with Crippen LogP contribution in [0.4, 0.5) is 5.69 Å². The van der Waals surface area contributed by atoms with E-state index in [0.717, 1.165) is 17.3 Å². The van der Waals surface area contributed by atoms with Gasteiger partial charge in [-0.2, -0.15) is 0 Å². The summed E-state index contributed by atoms with van der Waals surface area (Å²) in [6, 6.07) is 7.27. The van der Waals surface area contributed by atoms with Crippen LogP contribution >= 0.6 is 0 Å². The standard InChI is InChI=1S/C15H20N2O2/c1-9(2)6-10(3)19-15(18)14-8-11-7-12(16)4-5-13(11)17-14/h4-5,7-10,17H,6,16H2,1-3H3. The van der Waals surface area contributed by atoms with Crippen molar-refractivity contribution >= 4 is 22.6 Å². The monoisotopic (exact) mass is 260 g/mol. The van der Waals surface area contributed by atoms with Crippen LogP contribution in [0, 0.1) is 5.92 Å². The van der Waals surface area contributed by atoms with Crippen LogP contribution in [0.3, 0.4) is 0 Å². The molecule has 4 nitrogen and oxygen atoms in total. The van der Waals surface area contributed by atoms with Crippen molar-refractivity contribution in [3.05, 3.63) is 30.0 Å². The van der Waals surface area contributed by atoms with E-state index in [4.69, 9.17) is 10.5 Å². The quantitative estimate of drug-likeness (QED) is 0.654. The summed E-state index contributed by atoms with van der Waals surface area (Å²) in [5, 5.41) is 0.920. The summed E-state index contributed by atoms with van der Waals surface area (Å²) in [5.41, 5.74) is 7.75. The highest BCUT2D eigenvalue weighted by Crippen LogP contribution is 2.19. The Morgan fingerprint density at radius 3 is 2.74 bits per heavy atom. The average molecular weight is 260 g/mol. The maximum absolute atomic E-state index is 12.0. The Bertz CT molecular complexity index is 587. The highest BCUT2D eigenvalue weighted by molar-refractivity contribution is 5.95. The smallest absolute Gasteiger partial charge is 0.355 e. The van der Waals surface area contributed by atoms with Crippen molar-refractivity contribution in [1.29, 1.82) is 0 Å². The van der Waals surface area contributed by atoms with Gasteiger partial charge < -0.3 is 15.5 Å². The van der Waals surface area contributed by atoms with Gasteiger partial charge in [0.1, 0.15) is 5.69 Å². The summed E-state index contributed by atoms with van der Waals surface area (Å²) in [5.74, 6) is 0.188. The summed E-state index contributed by atoms with van der Waals surface area (Å²) in [4.78, 5) is 15.1. The molecule has 102 valence electrons. The van der Waals surface area contributed by atoms with Gasteiger partial charge in [0, 0.05) is 16.6 Å². The number of aromatic amines is 1. The van der Waals surface area contributed by atoms with Crippen molar-refractivity contribution in [2.45, 2.75) is 33.3 Å². The van der Waals surface area contributed by atoms with Crippen LogP contribution in [0.15, 0.2) is 24.3 Å². The lowest BCUT2D eigenvalue weighted by atomic mass is 10.1. The normalized spacial score (nSPS) is 12.8. The highest BCUT2D eigenvalue weighted by atomic mass is 16.5. The molecule has 0 spiro atoms. The van der Waals surface area contributed by atoms with Crippen LogP contribution in [0.5, 0.6) is 0 Å². The van der Waals surface area contributed by atoms with Crippen molar-refractivity contribution in [1.82, 2.24) is 4.98 Å². The van der Waals surface area contributed by atoms with Gasteiger partial charge in [-0.05, 0) is 43.5 Å². The largest absolute Gasteiger partial charge is 0.458 e. The number of H-pyrrole nitrogens is 1. The van der Waals surface area contributed by atoms with Gasteiger partial charge in [0.15, 0.2) is 0 Å². The summed E-state index contributed by atoms with van der Waals surface area (Å²) >= 11 is 0. The van der Waals surface area contributed by atoms with Crippen LogP contribution < -0.4 is 5.73 Å². The zero-order valence-corrected chi connectivity index (χ0v) is 11.6. The lowest BCUT2D eigenvalue weighted by Crippen LogP contribution is -2.17. The molecule has 0 radical (unpaired) electrons. The topological polar surface area (TPSA) is 68.1 Å². The summed E-state index contributed by atoms with van der Waals surface area (Å²) < 4.78 is 5.41. The number of fused-ring (bicyclic) bond motifs is 1. The Morgan fingerprint density at radius 1 is 1.32 bits per heavy atom. The number of benzene rings is 1. The van der Waals surface area contributed by atoms with Crippen LogP contribution in [-0.2, 0) is 4.74 Å². The van der Waals surface area contributed by atoms with E-state index in [1.165, 1.54) is 0 Å². The van der Waals surface area contributed by atoms with E-state index in [-0.39, 0.29) is 12.1 Å². The minimum Gasteiger partial charge on any atom is -0.458 e. The molecule has 19 heavy (non-hydrogen) atoms. The van der Waals surface area contributed by atoms with Crippen LogP contribution in [-0.4, -0.2) is 17.1 Å². The third-order valence-corrected chi connectivity index (χ3v) is 2.98. The molecule has 0 bridgehead atoms. The minimum absolute atomic E-state index is 0.0796. The van der Waals surface area contributed by atoms with Gasteiger partial charge in [0.2, 0.25) is 0 Å². The fourth-order valence-corrected chi connectivity index (χ4v) is 2.22. The number of ether oxygens (including phenoxy) is 1. The second kappa shape index (κ2) is 5.34. The number of carbonyl (C=O) groups excluding carboxylic acids is 1. The van der Waals surface area contributed by atoms with Crippen molar-refractivity contribution in [3.8, 4) is 0 Å². The van der Waals surface area contributed by atoms with E-state index in [2.05, 4.69) is 18.8 Å². The molecule has 1 aromatic carbocycles. The van der Waals surface area contributed by atoms with Gasteiger partial charge >= 0.3 is 5.97 Å². The molecule has 0 aliphatic rings. The lowest BCUT2D eigenvalue weighted by molar-refractivity contribution is 0.0294. The fraction of sp³-hybridized carbons (Fsp3) is 0.400. The Balaban J connectivity index is 2.13. The molecule has 1 heterocycles. The van der Waals surface area contributed by atoms with Crippen molar-refractivity contribution in [2.24, 2.45) is 5.92 Å². The van der Waals surface area contributed by atoms with Crippen molar-refractivity contribution in [3.63, 3.8) is 0 Å². The molecule has 0 fully saturated rings. The molecule has 4 heteroatoms. The number of esters is 1. The number of nitrogens with one attached hydrogen (secondary N) is 1. The Morgan fingerprint density at radius 2 is 2.05 bits per heavy atom. The first kappa shape index (κ1) is 13.5. The first-order valence-electron chi connectivity index (χ1n) is 6.55. The van der Waals surface area contributed by atoms with Crippen LogP contribution in [0.1, 0.15) is 37.7 Å². The molecule has 2 rings (SSSR count). The number of anilines is 1. The Kier molecular flexibility index (Phi) is 3.79. The molecule has 2 aromatic rings. The molecule has 1 unspecified atom stereocenters. The first-order valence-corrected chi connectivity index (χ1v) is 6.55. The molecule has 1 atom stereocenters. The summed E-state index contributed by atoms with van der Waals surface area (Å²) in [6.07, 6.45) is 0.780. The maximum atomic E-state index is 12.0. The number of nitrogen functional groups attached to an aromatic ring is 1. The molecule has 1 aromatic heterocycles. The zero-order chi connectivity index (χ0) is 14.0. The van der Waals surface area contributed by atoms with Gasteiger partial charge in [-0.1, -0.05) is 13.8 Å². The minimum atomic E-state index is -0.317. The van der Waals surface area contributed by atoms with Crippen LogP contribution in [0.2, 0.25) is 0 Å². The molecular weight excluding hydrogens is 240 g/mol. The van der Waals surface area contributed by atoms with Gasteiger partial charge in [-0.15, -0.1) is 0 Å². The zero-order valence-electron chi connectivity index (χ0n) is 11.6. The van der Waals surface area contributed by atoms with E-state index in [1.54, 1.807) is 12.1 Å². The van der Waals surface area contributed by atoms with Crippen molar-refractivity contribution in [2.75, 3.05) is 5.73 Å². The van der Waals surface area contributed by atoms with Gasteiger partial charge in [-0.25, -0.2) is 4.79 Å². The molecule has 0 aliphatic carbocycles. The second-order valence-corrected chi connectivity index (χ2v) is 5.38. The maximum Gasteiger partial charge on any atom is 0.355 e. The third-order valence-electron chi connectivity index (χ3n) is 2.98. The van der Waals surface area contributed by atoms with Crippen molar-refractivity contribution < 1.29 is 9.53 Å². The first-order chi connectivity index (χ1) is 8.95. The second-order valence-electron chi connectivity index (χ2n) is 5.38. The number of hydrogen-bond donors (Lipinski definition) is 2. The van der Waals surface area contributed by atoms with E-state index in [1.807, 2.05) is 19.1 Å². The summed E-state index contributed by atoms with van der Waals surface area (Å²) in [7, 11) is 0. The third kappa shape index (κ3) is 3.28. The average Bonchev–Trinajstić information content (AvgIpc) is 2.70. The van der Waals surface area contributed by atoms with E-state index < -0.39 is 0 Å². The predicted octanol–water partition coefficient (Wildman–Crippen LogP) is 3.34. The van der Waals surface area contributed by atoms with Gasteiger partial charge in [0.05, 0.1) is 6.10 Å². The molecular formula is C15H20N2O2. The number of rotatable bonds is 4. The highest BCUT2D eigenvalue weighted by Gasteiger charge is 2.15. The number of aromatic nitrogens is 1. The molecule has 3 N–H and O–H groups in total. The van der Waals surface area contributed by atoms with E-state index in [9.17, 15) is 4.79 Å². The number of nitrogens with two attached hydrogens (primary N) is 1. The summed E-state index contributed by atoms with van der Waals surface area (Å²) in [6.45, 7) is 6.13. The van der Waals surface area contributed by atoms with E-state index in [0.29, 0.717) is 17.3 Å². The van der Waals surface area contributed by atoms with Crippen LogP contribution in [0.25, 0.3) is 10.9 Å². The van der Waals surface area contributed by atoms with E-state index >= 15 is 0 Å². The predicted molar refractivity (Wildman–Crippen MR) is 77.0 cm³/mol. The van der Waals surface area contributed by atoms with Gasteiger partial charge in [-0.3, -0.25) is 0 Å². The number of carbonyl (C=O) groups is 1. The molecule has 0 saturated heterocycles. The van der Waals surface area contributed by atoms with Gasteiger partial charge in [0.25, 0.3) is 0 Å². The SMILES string of the molecule is CC(C)CC(C)OC(=O)c1cc2cc(N)ccc2[nH]1. The molecule has 0 amide bonds. The Hall–Kier alpha value is -1.97. The lowest BCUT2D eigenvalue weighted by Gasteiger charge is -2.14. The Labute approximate surface area is 112 Å². The molecule has 0 saturated carbocycles. The molecule has 0 aliphatic heterocycles. The fourth-order valence-electron chi connectivity index (χ4n) is 2.22.